The number of piperidine rings is 1. The molecule has 1 unspecified atom stereocenters. The van der Waals surface area contributed by atoms with Gasteiger partial charge in [0.1, 0.15) is 5.82 Å². The second kappa shape index (κ2) is 6.55. The molecule has 3 rings (SSSR count). The zero-order valence-corrected chi connectivity index (χ0v) is 13.6. The zero-order chi connectivity index (χ0) is 16.4. The molecule has 1 aromatic rings. The number of nitrogens with one attached hydrogen (secondary N) is 1. The van der Waals surface area contributed by atoms with E-state index in [0.717, 1.165) is 31.5 Å². The van der Waals surface area contributed by atoms with Crippen LogP contribution in [0, 0.1) is 12.7 Å². The van der Waals surface area contributed by atoms with Gasteiger partial charge < -0.3 is 14.8 Å². The minimum Gasteiger partial charge on any atom is -0.347 e. The fraction of sp³-hybridized carbons (Fsp3) is 0.588. The van der Waals surface area contributed by atoms with Crippen LogP contribution < -0.4 is 5.32 Å². The minimum absolute atomic E-state index is 0.122. The van der Waals surface area contributed by atoms with E-state index >= 15 is 0 Å². The monoisotopic (exact) mass is 322 g/mol. The highest BCUT2D eigenvalue weighted by molar-refractivity contribution is 5.95. The number of likely N-dealkylation sites (tertiary alicyclic amines) is 1. The summed E-state index contributed by atoms with van der Waals surface area (Å²) in [5.41, 5.74) is 1.37. The van der Waals surface area contributed by atoms with Crippen molar-refractivity contribution in [1.82, 2.24) is 4.90 Å². The lowest BCUT2D eigenvalue weighted by Gasteiger charge is -2.39. The molecule has 126 valence electrons. The minimum atomic E-state index is -0.439. The van der Waals surface area contributed by atoms with Crippen LogP contribution in [0.15, 0.2) is 18.2 Å². The lowest BCUT2D eigenvalue weighted by Crippen LogP contribution is -2.51. The lowest BCUT2D eigenvalue weighted by molar-refractivity contribution is -0.187. The number of hydrogen-bond acceptors (Lipinski definition) is 4. The molecule has 0 bridgehead atoms. The number of anilines is 1. The third kappa shape index (κ3) is 3.54. The standard InChI is InChI=1S/C17H23FN2O3/c1-12-3-4-14(18)11-15(12)19-16(21)13(2)20-7-5-17(6-8-20)22-9-10-23-17/h3-4,11,13H,5-10H2,1-2H3,(H,19,21). The molecule has 5 nitrogen and oxygen atoms in total. The molecular weight excluding hydrogens is 299 g/mol. The third-order valence-corrected chi connectivity index (χ3v) is 4.76. The Hall–Kier alpha value is -1.50. The fourth-order valence-corrected chi connectivity index (χ4v) is 3.17. The summed E-state index contributed by atoms with van der Waals surface area (Å²) < 4.78 is 24.7. The molecule has 1 atom stereocenters. The van der Waals surface area contributed by atoms with Gasteiger partial charge >= 0.3 is 0 Å². The van der Waals surface area contributed by atoms with Crippen molar-refractivity contribution < 1.29 is 18.7 Å². The normalized spacial score (nSPS) is 22.2. The number of benzene rings is 1. The molecule has 1 aromatic carbocycles. The molecule has 2 saturated heterocycles. The van der Waals surface area contributed by atoms with E-state index in [9.17, 15) is 9.18 Å². The molecule has 6 heteroatoms. The average Bonchev–Trinajstić information content (AvgIpc) is 2.99. The summed E-state index contributed by atoms with van der Waals surface area (Å²) in [6.45, 7) is 6.51. The van der Waals surface area contributed by atoms with E-state index in [-0.39, 0.29) is 17.8 Å². The summed E-state index contributed by atoms with van der Waals surface area (Å²) >= 11 is 0. The number of carbonyl (C=O) groups is 1. The van der Waals surface area contributed by atoms with Crippen LogP contribution in [-0.4, -0.2) is 48.9 Å². The maximum atomic E-state index is 13.3. The van der Waals surface area contributed by atoms with Gasteiger partial charge in [0, 0.05) is 31.6 Å². The van der Waals surface area contributed by atoms with Crippen molar-refractivity contribution in [2.45, 2.75) is 38.5 Å². The zero-order valence-electron chi connectivity index (χ0n) is 13.6. The number of halogens is 1. The topological polar surface area (TPSA) is 50.8 Å². The van der Waals surface area contributed by atoms with Crippen LogP contribution in [0.3, 0.4) is 0 Å². The smallest absolute Gasteiger partial charge is 0.241 e. The van der Waals surface area contributed by atoms with Gasteiger partial charge in [0.15, 0.2) is 5.79 Å². The van der Waals surface area contributed by atoms with E-state index in [1.807, 2.05) is 13.8 Å². The first-order chi connectivity index (χ1) is 11.0. The van der Waals surface area contributed by atoms with Gasteiger partial charge in [0.25, 0.3) is 0 Å². The van der Waals surface area contributed by atoms with Gasteiger partial charge in [-0.15, -0.1) is 0 Å². The van der Waals surface area contributed by atoms with E-state index in [4.69, 9.17) is 9.47 Å². The van der Waals surface area contributed by atoms with Crippen LogP contribution in [0.1, 0.15) is 25.3 Å². The summed E-state index contributed by atoms with van der Waals surface area (Å²) in [4.78, 5) is 14.6. The molecule has 23 heavy (non-hydrogen) atoms. The molecule has 0 radical (unpaired) electrons. The molecule has 2 fully saturated rings. The van der Waals surface area contributed by atoms with E-state index < -0.39 is 5.79 Å². The highest BCUT2D eigenvalue weighted by Gasteiger charge is 2.41. The Morgan fingerprint density at radius 1 is 1.30 bits per heavy atom. The lowest BCUT2D eigenvalue weighted by atomic mass is 10.0. The Balaban J connectivity index is 1.58. The largest absolute Gasteiger partial charge is 0.347 e. The maximum absolute atomic E-state index is 13.3. The van der Waals surface area contributed by atoms with Crippen molar-refractivity contribution >= 4 is 11.6 Å². The highest BCUT2D eigenvalue weighted by Crippen LogP contribution is 2.32. The van der Waals surface area contributed by atoms with Crippen LogP contribution in [0.2, 0.25) is 0 Å². The Labute approximate surface area is 135 Å². The Bertz CT molecular complexity index is 577. The van der Waals surface area contributed by atoms with Gasteiger partial charge in [0.2, 0.25) is 5.91 Å². The van der Waals surface area contributed by atoms with Crippen molar-refractivity contribution in [3.63, 3.8) is 0 Å². The molecule has 2 heterocycles. The van der Waals surface area contributed by atoms with Crippen molar-refractivity contribution in [1.29, 1.82) is 0 Å². The number of carbonyl (C=O) groups excluding carboxylic acids is 1. The Morgan fingerprint density at radius 3 is 2.61 bits per heavy atom. The molecule has 1 spiro atoms. The molecule has 1 N–H and O–H groups in total. The van der Waals surface area contributed by atoms with Gasteiger partial charge in [-0.25, -0.2) is 4.39 Å². The Morgan fingerprint density at radius 2 is 1.96 bits per heavy atom. The van der Waals surface area contributed by atoms with Gasteiger partial charge in [-0.3, -0.25) is 9.69 Å². The first kappa shape index (κ1) is 16.4. The first-order valence-corrected chi connectivity index (χ1v) is 8.08. The van der Waals surface area contributed by atoms with Crippen molar-refractivity contribution in [2.24, 2.45) is 0 Å². The number of aryl methyl sites for hydroxylation is 1. The van der Waals surface area contributed by atoms with Crippen LogP contribution in [0.5, 0.6) is 0 Å². The average molecular weight is 322 g/mol. The number of ether oxygens (including phenoxy) is 2. The first-order valence-electron chi connectivity index (χ1n) is 8.08. The van der Waals surface area contributed by atoms with E-state index in [0.29, 0.717) is 18.9 Å². The molecule has 1 amide bonds. The fourth-order valence-electron chi connectivity index (χ4n) is 3.17. The van der Waals surface area contributed by atoms with Crippen molar-refractivity contribution in [2.75, 3.05) is 31.6 Å². The van der Waals surface area contributed by atoms with Crippen LogP contribution in [-0.2, 0) is 14.3 Å². The van der Waals surface area contributed by atoms with Gasteiger partial charge in [-0.2, -0.15) is 0 Å². The summed E-state index contributed by atoms with van der Waals surface area (Å²) in [5, 5.41) is 2.83. The van der Waals surface area contributed by atoms with Gasteiger partial charge in [-0.05, 0) is 31.5 Å². The van der Waals surface area contributed by atoms with Gasteiger partial charge in [-0.1, -0.05) is 6.07 Å². The second-order valence-electron chi connectivity index (χ2n) is 6.27. The van der Waals surface area contributed by atoms with Crippen LogP contribution in [0.4, 0.5) is 10.1 Å². The van der Waals surface area contributed by atoms with Crippen LogP contribution in [0.25, 0.3) is 0 Å². The Kier molecular flexibility index (Phi) is 4.66. The van der Waals surface area contributed by atoms with E-state index in [2.05, 4.69) is 10.2 Å². The molecule has 2 aliphatic heterocycles. The maximum Gasteiger partial charge on any atom is 0.241 e. The summed E-state index contributed by atoms with van der Waals surface area (Å²) in [6, 6.07) is 4.12. The molecule has 0 aliphatic carbocycles. The van der Waals surface area contributed by atoms with E-state index in [1.165, 1.54) is 12.1 Å². The van der Waals surface area contributed by atoms with Crippen LogP contribution >= 0.6 is 0 Å². The summed E-state index contributed by atoms with van der Waals surface area (Å²) in [6.07, 6.45) is 1.53. The SMILES string of the molecule is Cc1ccc(F)cc1NC(=O)C(C)N1CCC2(CC1)OCCO2. The quantitative estimate of drug-likeness (QED) is 0.928. The summed E-state index contributed by atoms with van der Waals surface area (Å²) in [5.74, 6) is -0.914. The molecular formula is C17H23FN2O3. The predicted octanol–water partition coefficient (Wildman–Crippen LogP) is 2.30. The summed E-state index contributed by atoms with van der Waals surface area (Å²) in [7, 11) is 0. The van der Waals surface area contributed by atoms with E-state index in [1.54, 1.807) is 6.07 Å². The molecule has 0 saturated carbocycles. The number of hydrogen-bond donors (Lipinski definition) is 1. The van der Waals surface area contributed by atoms with Crippen molar-refractivity contribution in [3.05, 3.63) is 29.6 Å². The number of amides is 1. The third-order valence-electron chi connectivity index (χ3n) is 4.76. The predicted molar refractivity (Wildman–Crippen MR) is 84.7 cm³/mol. The second-order valence-corrected chi connectivity index (χ2v) is 6.27. The molecule has 0 aromatic heterocycles. The number of rotatable bonds is 3. The van der Waals surface area contributed by atoms with Crippen molar-refractivity contribution in [3.8, 4) is 0 Å². The molecule has 2 aliphatic rings. The number of nitrogens with zero attached hydrogens (tertiary/aromatic N) is 1. The highest BCUT2D eigenvalue weighted by atomic mass is 19.1. The van der Waals surface area contributed by atoms with Gasteiger partial charge in [0.05, 0.1) is 19.3 Å².